The number of diazo groups is 1. The smallest absolute Gasteiger partial charge is 0.418 e. The molecular formula is C9H6BBrF4N2O. The quantitative estimate of drug-likeness (QED) is 0.404. The second-order valence-corrected chi connectivity index (χ2v) is 4.33. The van der Waals surface area contributed by atoms with Crippen molar-refractivity contribution in [2.75, 3.05) is 0 Å². The second-order valence-electron chi connectivity index (χ2n) is 3.48. The standard InChI is InChI=1S/C9H6BrN2O.BF4/c10-7-4-6-5(1-2-9(6)13)3-8(7)12-11;2-1(3,4)5/h3-4H,1-2H2;/q+1;-1. The van der Waals surface area contributed by atoms with E-state index in [1.807, 2.05) is 0 Å². The molecule has 9 heteroatoms. The molecule has 0 saturated carbocycles. The lowest BCUT2D eigenvalue weighted by atomic mass is 10.1. The molecule has 0 bridgehead atoms. The van der Waals surface area contributed by atoms with Crippen LogP contribution in [0.2, 0.25) is 0 Å². The normalized spacial score (nSPS) is 13.4. The first-order valence-electron chi connectivity index (χ1n) is 4.80. The van der Waals surface area contributed by atoms with Crippen LogP contribution in [0.4, 0.5) is 23.0 Å². The maximum absolute atomic E-state index is 11.3. The largest absolute Gasteiger partial charge is 0.673 e. The summed E-state index contributed by atoms with van der Waals surface area (Å²) in [6, 6.07) is 3.46. The molecule has 0 aliphatic heterocycles. The van der Waals surface area contributed by atoms with E-state index in [2.05, 4.69) is 20.9 Å². The van der Waals surface area contributed by atoms with Gasteiger partial charge in [0.1, 0.15) is 4.47 Å². The summed E-state index contributed by atoms with van der Waals surface area (Å²) in [5, 5.41) is 8.63. The molecule has 1 aliphatic carbocycles. The zero-order valence-corrected chi connectivity index (χ0v) is 10.4. The minimum absolute atomic E-state index is 0.167. The monoisotopic (exact) mass is 324 g/mol. The number of benzene rings is 1. The van der Waals surface area contributed by atoms with E-state index in [-0.39, 0.29) is 5.78 Å². The summed E-state index contributed by atoms with van der Waals surface area (Å²) < 4.78 is 39.7. The van der Waals surface area contributed by atoms with Gasteiger partial charge >= 0.3 is 12.9 Å². The van der Waals surface area contributed by atoms with Crippen LogP contribution in [0.5, 0.6) is 0 Å². The van der Waals surface area contributed by atoms with Crippen molar-refractivity contribution in [3.8, 4) is 0 Å². The summed E-state index contributed by atoms with van der Waals surface area (Å²) in [6.07, 6.45) is 1.32. The molecule has 1 aliphatic rings. The summed E-state index contributed by atoms with van der Waals surface area (Å²) in [4.78, 5) is 14.4. The van der Waals surface area contributed by atoms with Crippen molar-refractivity contribution < 1.29 is 22.1 Å². The second kappa shape index (κ2) is 5.48. The lowest BCUT2D eigenvalue weighted by molar-refractivity contribution is 0.0994. The molecule has 0 spiro atoms. The Kier molecular flexibility index (Phi) is 4.45. The predicted octanol–water partition coefficient (Wildman–Crippen LogP) is 4.36. The number of carbonyl (C=O) groups excluding carboxylic acids is 1. The van der Waals surface area contributed by atoms with Crippen molar-refractivity contribution in [1.29, 1.82) is 5.39 Å². The molecule has 0 unspecified atom stereocenters. The number of Topliss-reactive ketones (excluding diaryl/α,β-unsaturated/α-hetero) is 1. The van der Waals surface area contributed by atoms with Gasteiger partial charge in [-0.15, -0.1) is 0 Å². The molecule has 0 fully saturated rings. The van der Waals surface area contributed by atoms with Gasteiger partial charge in [-0.25, -0.2) is 0 Å². The highest BCUT2D eigenvalue weighted by atomic mass is 79.9. The third-order valence-corrected chi connectivity index (χ3v) is 2.84. The number of ketones is 1. The number of rotatable bonds is 0. The van der Waals surface area contributed by atoms with E-state index in [1.54, 1.807) is 12.1 Å². The highest BCUT2D eigenvalue weighted by molar-refractivity contribution is 9.10. The predicted molar refractivity (Wildman–Crippen MR) is 61.7 cm³/mol. The topological polar surface area (TPSA) is 45.2 Å². The van der Waals surface area contributed by atoms with Crippen LogP contribution in [-0.4, -0.2) is 13.0 Å². The molecule has 0 aromatic heterocycles. The van der Waals surface area contributed by atoms with Crippen LogP contribution in [0.25, 0.3) is 4.98 Å². The Bertz CT molecular complexity index is 521. The highest BCUT2D eigenvalue weighted by Gasteiger charge is 2.24. The Morgan fingerprint density at radius 2 is 1.78 bits per heavy atom. The molecule has 0 N–H and O–H groups in total. The number of hydrogen-bond donors (Lipinski definition) is 0. The summed E-state index contributed by atoms with van der Waals surface area (Å²) in [5.74, 6) is 0.167. The molecule has 1 aromatic carbocycles. The molecule has 2 rings (SSSR count). The summed E-state index contributed by atoms with van der Waals surface area (Å²) >= 11 is 3.23. The van der Waals surface area contributed by atoms with Crippen LogP contribution in [0.15, 0.2) is 16.6 Å². The Morgan fingerprint density at radius 1 is 1.22 bits per heavy atom. The first-order valence-corrected chi connectivity index (χ1v) is 5.59. The molecule has 0 saturated heterocycles. The Balaban J connectivity index is 0.000000280. The van der Waals surface area contributed by atoms with E-state index in [1.165, 1.54) is 0 Å². The lowest BCUT2D eigenvalue weighted by Gasteiger charge is -1.94. The van der Waals surface area contributed by atoms with Crippen molar-refractivity contribution in [3.63, 3.8) is 0 Å². The van der Waals surface area contributed by atoms with Gasteiger partial charge < -0.3 is 17.3 Å². The SMILES string of the molecule is F[B-](F)(F)F.N#[N+]c1cc2c(cc1Br)C(=O)CC2. The van der Waals surface area contributed by atoms with Crippen molar-refractivity contribution in [2.45, 2.75) is 12.8 Å². The van der Waals surface area contributed by atoms with Gasteiger partial charge in [0, 0.05) is 18.1 Å². The number of hydrogen-bond acceptors (Lipinski definition) is 2. The first-order chi connectivity index (χ1) is 8.22. The summed E-state index contributed by atoms with van der Waals surface area (Å²) in [7, 11) is -6.00. The third-order valence-electron chi connectivity index (χ3n) is 2.20. The number of carbonyl (C=O) groups is 1. The van der Waals surface area contributed by atoms with E-state index in [9.17, 15) is 22.1 Å². The van der Waals surface area contributed by atoms with Gasteiger partial charge in [0.15, 0.2) is 10.8 Å². The molecule has 0 amide bonds. The Labute approximate surface area is 108 Å². The van der Waals surface area contributed by atoms with E-state index in [4.69, 9.17) is 5.39 Å². The van der Waals surface area contributed by atoms with Crippen molar-refractivity contribution in [1.82, 2.24) is 0 Å². The zero-order valence-electron chi connectivity index (χ0n) is 8.84. The summed E-state index contributed by atoms with van der Waals surface area (Å²) in [5.41, 5.74) is 2.20. The fraction of sp³-hybridized carbons (Fsp3) is 0.222. The van der Waals surface area contributed by atoms with E-state index in [0.717, 1.165) is 17.5 Å². The number of nitrogens with zero attached hydrogens (tertiary/aromatic N) is 2. The maximum atomic E-state index is 11.3. The minimum atomic E-state index is -6.00. The molecule has 1 aromatic rings. The van der Waals surface area contributed by atoms with Gasteiger partial charge in [-0.2, -0.15) is 0 Å². The van der Waals surface area contributed by atoms with Crippen LogP contribution >= 0.6 is 15.9 Å². The maximum Gasteiger partial charge on any atom is 0.673 e. The van der Waals surface area contributed by atoms with Crippen molar-refractivity contribution >= 4 is 34.7 Å². The van der Waals surface area contributed by atoms with Gasteiger partial charge in [0.05, 0.1) is 0 Å². The van der Waals surface area contributed by atoms with Crippen LogP contribution < -0.4 is 0 Å². The molecule has 3 nitrogen and oxygen atoms in total. The van der Waals surface area contributed by atoms with Crippen LogP contribution in [0.3, 0.4) is 0 Å². The molecule has 18 heavy (non-hydrogen) atoms. The van der Waals surface area contributed by atoms with Crippen LogP contribution in [0.1, 0.15) is 22.3 Å². The fourth-order valence-electron chi connectivity index (χ4n) is 1.53. The van der Waals surface area contributed by atoms with Crippen molar-refractivity contribution in [2.24, 2.45) is 0 Å². The van der Waals surface area contributed by atoms with Gasteiger partial charge in [0.2, 0.25) is 5.39 Å². The van der Waals surface area contributed by atoms with Crippen LogP contribution in [0, 0.1) is 5.39 Å². The van der Waals surface area contributed by atoms with Crippen molar-refractivity contribution in [3.05, 3.63) is 32.7 Å². The first kappa shape index (κ1) is 14.6. The fourth-order valence-corrected chi connectivity index (χ4v) is 1.95. The Hall–Kier alpha value is -1.43. The molecule has 0 atom stereocenters. The van der Waals surface area contributed by atoms with E-state index >= 15 is 0 Å². The molecule has 0 heterocycles. The van der Waals surface area contributed by atoms with Gasteiger partial charge in [0.25, 0.3) is 0 Å². The zero-order chi connectivity index (χ0) is 13.9. The minimum Gasteiger partial charge on any atom is -0.418 e. The highest BCUT2D eigenvalue weighted by Crippen LogP contribution is 2.33. The average molecular weight is 325 g/mol. The molecule has 0 radical (unpaired) electrons. The molecular weight excluding hydrogens is 319 g/mol. The van der Waals surface area contributed by atoms with E-state index < -0.39 is 7.25 Å². The number of fused-ring (bicyclic) bond motifs is 1. The van der Waals surface area contributed by atoms with Gasteiger partial charge in [-0.1, -0.05) is 0 Å². The van der Waals surface area contributed by atoms with Gasteiger partial charge in [-0.05, 0) is 34.0 Å². The lowest BCUT2D eigenvalue weighted by Crippen LogP contribution is -2.02. The van der Waals surface area contributed by atoms with Crippen LogP contribution in [-0.2, 0) is 6.42 Å². The number of aryl methyl sites for hydroxylation is 1. The van der Waals surface area contributed by atoms with Gasteiger partial charge in [-0.3, -0.25) is 4.79 Å². The number of halogens is 5. The average Bonchev–Trinajstić information content (AvgIpc) is 2.57. The third kappa shape index (κ3) is 4.11. The van der Waals surface area contributed by atoms with E-state index in [0.29, 0.717) is 16.6 Å². The molecule has 96 valence electrons. The Morgan fingerprint density at radius 3 is 2.28 bits per heavy atom. The summed E-state index contributed by atoms with van der Waals surface area (Å²) in [6.45, 7) is 0.